The number of aromatic carboxylic acids is 1. The maximum Gasteiger partial charge on any atom is 0.358 e. The van der Waals surface area contributed by atoms with Crippen molar-refractivity contribution in [3.05, 3.63) is 65.4 Å². The molecule has 0 atom stereocenters. The van der Waals surface area contributed by atoms with Gasteiger partial charge in [-0.3, -0.25) is 0 Å². The van der Waals surface area contributed by atoms with Crippen molar-refractivity contribution in [3.8, 4) is 17.0 Å². The van der Waals surface area contributed by atoms with Crippen LogP contribution in [0.15, 0.2) is 48.5 Å². The molecule has 1 aromatic heterocycles. The number of hydrogen-bond acceptors (Lipinski definition) is 4. The molecule has 0 saturated carbocycles. The summed E-state index contributed by atoms with van der Waals surface area (Å²) in [5, 5.41) is 17.3. The van der Waals surface area contributed by atoms with E-state index >= 15 is 0 Å². The van der Waals surface area contributed by atoms with Gasteiger partial charge in [-0.15, -0.1) is 5.10 Å². The SMILES string of the molecule is COc1cccc(-c2c(C(=O)O)nnn2Cc2ccc(C)cc2)c1. The van der Waals surface area contributed by atoms with E-state index in [4.69, 9.17) is 4.74 Å². The molecule has 1 N–H and O–H groups in total. The molecule has 3 aromatic rings. The standard InChI is InChI=1S/C18H17N3O3/c1-12-6-8-13(9-7-12)11-21-17(16(18(22)23)19-20-21)14-4-3-5-15(10-14)24-2/h3-10H,11H2,1-2H3,(H,22,23). The van der Waals surface area contributed by atoms with Crippen LogP contribution < -0.4 is 4.74 Å². The molecule has 6 nitrogen and oxygen atoms in total. The lowest BCUT2D eigenvalue weighted by atomic mass is 10.1. The van der Waals surface area contributed by atoms with Gasteiger partial charge in [0.1, 0.15) is 11.4 Å². The van der Waals surface area contributed by atoms with Gasteiger partial charge in [-0.1, -0.05) is 47.2 Å². The van der Waals surface area contributed by atoms with Gasteiger partial charge < -0.3 is 9.84 Å². The van der Waals surface area contributed by atoms with Gasteiger partial charge in [0.05, 0.1) is 13.7 Å². The molecule has 0 saturated heterocycles. The Hall–Kier alpha value is -3.15. The summed E-state index contributed by atoms with van der Waals surface area (Å²) in [6, 6.07) is 15.2. The fourth-order valence-corrected chi connectivity index (χ4v) is 2.49. The van der Waals surface area contributed by atoms with Crippen LogP contribution in [0.1, 0.15) is 21.6 Å². The molecule has 0 spiro atoms. The molecule has 0 fully saturated rings. The smallest absolute Gasteiger partial charge is 0.358 e. The summed E-state index contributed by atoms with van der Waals surface area (Å²) in [5.74, 6) is -0.463. The van der Waals surface area contributed by atoms with Gasteiger partial charge in [0, 0.05) is 5.56 Å². The average molecular weight is 323 g/mol. The average Bonchev–Trinajstić information content (AvgIpc) is 3.01. The molecule has 0 aliphatic carbocycles. The maximum absolute atomic E-state index is 11.5. The number of aromatic nitrogens is 3. The first kappa shape index (κ1) is 15.7. The van der Waals surface area contributed by atoms with Gasteiger partial charge in [-0.2, -0.15) is 0 Å². The van der Waals surface area contributed by atoms with Gasteiger partial charge in [-0.25, -0.2) is 9.48 Å². The van der Waals surface area contributed by atoms with Crippen LogP contribution in [0.3, 0.4) is 0 Å². The Kier molecular flexibility index (Phi) is 4.29. The molecule has 24 heavy (non-hydrogen) atoms. The fraction of sp³-hybridized carbons (Fsp3) is 0.167. The van der Waals surface area contributed by atoms with Crippen molar-refractivity contribution in [2.75, 3.05) is 7.11 Å². The molecular weight excluding hydrogens is 306 g/mol. The number of ether oxygens (including phenoxy) is 1. The second-order valence-electron chi connectivity index (χ2n) is 5.47. The van der Waals surface area contributed by atoms with E-state index in [0.29, 0.717) is 23.6 Å². The van der Waals surface area contributed by atoms with Gasteiger partial charge in [0.25, 0.3) is 0 Å². The van der Waals surface area contributed by atoms with Gasteiger partial charge in [0.2, 0.25) is 0 Å². The van der Waals surface area contributed by atoms with Crippen molar-refractivity contribution in [2.45, 2.75) is 13.5 Å². The van der Waals surface area contributed by atoms with Gasteiger partial charge in [0.15, 0.2) is 5.69 Å². The highest BCUT2D eigenvalue weighted by Gasteiger charge is 2.21. The third-order valence-corrected chi connectivity index (χ3v) is 3.73. The van der Waals surface area contributed by atoms with Crippen LogP contribution in [0.25, 0.3) is 11.3 Å². The van der Waals surface area contributed by atoms with Crippen molar-refractivity contribution in [1.82, 2.24) is 15.0 Å². The lowest BCUT2D eigenvalue weighted by Gasteiger charge is -2.09. The molecule has 3 rings (SSSR count). The summed E-state index contributed by atoms with van der Waals surface area (Å²) in [5.41, 5.74) is 3.27. The topological polar surface area (TPSA) is 77.2 Å². The van der Waals surface area contributed by atoms with Crippen LogP contribution >= 0.6 is 0 Å². The second-order valence-corrected chi connectivity index (χ2v) is 5.47. The number of rotatable bonds is 5. The molecular formula is C18H17N3O3. The first-order valence-corrected chi connectivity index (χ1v) is 7.45. The number of carbonyl (C=O) groups is 1. The predicted octanol–water partition coefficient (Wildman–Crippen LogP) is 3.01. The van der Waals surface area contributed by atoms with E-state index in [1.54, 1.807) is 23.9 Å². The van der Waals surface area contributed by atoms with Gasteiger partial charge >= 0.3 is 5.97 Å². The number of benzene rings is 2. The largest absolute Gasteiger partial charge is 0.497 e. The minimum Gasteiger partial charge on any atom is -0.497 e. The highest BCUT2D eigenvalue weighted by molar-refractivity contribution is 5.92. The predicted molar refractivity (Wildman–Crippen MR) is 89.3 cm³/mol. The Balaban J connectivity index is 2.06. The lowest BCUT2D eigenvalue weighted by Crippen LogP contribution is -2.06. The van der Waals surface area contributed by atoms with E-state index in [-0.39, 0.29) is 5.69 Å². The van der Waals surface area contributed by atoms with E-state index in [0.717, 1.165) is 11.1 Å². The summed E-state index contributed by atoms with van der Waals surface area (Å²) in [6.07, 6.45) is 0. The Labute approximate surface area is 139 Å². The number of carboxylic acids is 1. The Morgan fingerprint density at radius 1 is 1.21 bits per heavy atom. The molecule has 122 valence electrons. The summed E-state index contributed by atoms with van der Waals surface area (Å²) in [4.78, 5) is 11.5. The molecule has 0 radical (unpaired) electrons. The minimum absolute atomic E-state index is 0.0737. The van der Waals surface area contributed by atoms with Crippen molar-refractivity contribution < 1.29 is 14.6 Å². The Morgan fingerprint density at radius 3 is 2.62 bits per heavy atom. The van der Waals surface area contributed by atoms with Crippen molar-refractivity contribution in [1.29, 1.82) is 0 Å². The van der Waals surface area contributed by atoms with Crippen molar-refractivity contribution in [2.24, 2.45) is 0 Å². The maximum atomic E-state index is 11.5. The Morgan fingerprint density at radius 2 is 1.96 bits per heavy atom. The second kappa shape index (κ2) is 6.54. The Bertz CT molecular complexity index is 869. The van der Waals surface area contributed by atoms with Crippen LogP contribution in [-0.4, -0.2) is 33.2 Å². The molecule has 6 heteroatoms. The van der Waals surface area contributed by atoms with Crippen LogP contribution in [0, 0.1) is 6.92 Å². The molecule has 0 aliphatic rings. The van der Waals surface area contributed by atoms with E-state index in [1.165, 1.54) is 0 Å². The molecule has 2 aromatic carbocycles. The zero-order chi connectivity index (χ0) is 17.1. The monoisotopic (exact) mass is 323 g/mol. The lowest BCUT2D eigenvalue weighted by molar-refractivity contribution is 0.0691. The van der Waals surface area contributed by atoms with E-state index in [2.05, 4.69) is 10.3 Å². The molecule has 0 unspecified atom stereocenters. The van der Waals surface area contributed by atoms with E-state index in [1.807, 2.05) is 43.3 Å². The molecule has 0 aliphatic heterocycles. The molecule has 1 heterocycles. The molecule has 0 bridgehead atoms. The summed E-state index contributed by atoms with van der Waals surface area (Å²) in [6.45, 7) is 2.45. The van der Waals surface area contributed by atoms with E-state index in [9.17, 15) is 9.90 Å². The van der Waals surface area contributed by atoms with Crippen LogP contribution in [0.4, 0.5) is 0 Å². The summed E-state index contributed by atoms with van der Waals surface area (Å²) < 4.78 is 6.83. The quantitative estimate of drug-likeness (QED) is 0.781. The first-order valence-electron chi connectivity index (χ1n) is 7.45. The number of methoxy groups -OCH3 is 1. The third-order valence-electron chi connectivity index (χ3n) is 3.73. The van der Waals surface area contributed by atoms with Crippen LogP contribution in [0.2, 0.25) is 0 Å². The van der Waals surface area contributed by atoms with E-state index < -0.39 is 5.97 Å². The number of aryl methyl sites for hydroxylation is 1. The minimum atomic E-state index is -1.11. The number of nitrogens with zero attached hydrogens (tertiary/aromatic N) is 3. The number of hydrogen-bond donors (Lipinski definition) is 1. The summed E-state index contributed by atoms with van der Waals surface area (Å²) >= 11 is 0. The van der Waals surface area contributed by atoms with Crippen molar-refractivity contribution >= 4 is 5.97 Å². The molecule has 0 amide bonds. The zero-order valence-corrected chi connectivity index (χ0v) is 13.4. The summed E-state index contributed by atoms with van der Waals surface area (Å²) in [7, 11) is 1.57. The highest BCUT2D eigenvalue weighted by Crippen LogP contribution is 2.26. The van der Waals surface area contributed by atoms with Crippen molar-refractivity contribution in [3.63, 3.8) is 0 Å². The zero-order valence-electron chi connectivity index (χ0n) is 13.4. The van der Waals surface area contributed by atoms with Crippen LogP contribution in [0.5, 0.6) is 5.75 Å². The first-order chi connectivity index (χ1) is 11.6. The third kappa shape index (κ3) is 3.12. The van der Waals surface area contributed by atoms with Crippen LogP contribution in [-0.2, 0) is 6.54 Å². The highest BCUT2D eigenvalue weighted by atomic mass is 16.5. The fourth-order valence-electron chi connectivity index (χ4n) is 2.49. The normalized spacial score (nSPS) is 10.6. The number of carboxylic acid groups (broad SMARTS) is 1. The van der Waals surface area contributed by atoms with Gasteiger partial charge in [-0.05, 0) is 24.6 Å².